The summed E-state index contributed by atoms with van der Waals surface area (Å²) in [5.74, 6) is -2.58. The molecule has 1 unspecified atom stereocenters. The van der Waals surface area contributed by atoms with E-state index in [4.69, 9.17) is 10.2 Å². The van der Waals surface area contributed by atoms with Crippen molar-refractivity contribution in [2.75, 3.05) is 13.1 Å². The van der Waals surface area contributed by atoms with Gasteiger partial charge in [-0.05, 0) is 0 Å². The van der Waals surface area contributed by atoms with Crippen LogP contribution in [0.25, 0.3) is 5.32 Å². The van der Waals surface area contributed by atoms with Crippen molar-refractivity contribution >= 4 is 17.7 Å². The Bertz CT molecular complexity index is 261. The molecule has 0 fully saturated rings. The third-order valence-corrected chi connectivity index (χ3v) is 1.41. The standard InChI is InChI=1S/C6H7N2O4.2Cu.3H2O/c9-5(10)3-4(6(11)12)8-2-1-7-3;;;;;/h3H,1-2H2,(H,9,10)(H,11,12);;;3*1H2/q-1;;+1;;;/p+2. The van der Waals surface area contributed by atoms with Crippen LogP contribution in [0.4, 0.5) is 0 Å². The molecular weight excluding hydrogens is 339 g/mol. The minimum absolute atomic E-state index is 0. The monoisotopic (exact) mass is 353 g/mol. The maximum atomic E-state index is 10.4. The van der Waals surface area contributed by atoms with Gasteiger partial charge in [0.15, 0.2) is 0 Å². The number of nitrogens with zero attached hydrogens (tertiary/aromatic N) is 2. The van der Waals surface area contributed by atoms with Crippen molar-refractivity contribution in [1.29, 1.82) is 0 Å². The van der Waals surface area contributed by atoms with Gasteiger partial charge in [0.05, 0.1) is 0 Å². The molecule has 10 N–H and O–H groups in total. The minimum atomic E-state index is -1.31. The van der Waals surface area contributed by atoms with E-state index >= 15 is 0 Å². The molecule has 0 saturated carbocycles. The molecule has 111 valence electrons. The molecular formula is C6H15Cu2N2O7+2. The molecule has 0 aliphatic carbocycles. The summed E-state index contributed by atoms with van der Waals surface area (Å²) in [6.45, 7) is 0.527. The Kier molecular flexibility index (Phi) is 23.9. The van der Waals surface area contributed by atoms with E-state index in [2.05, 4.69) is 10.3 Å². The maximum Gasteiger partial charge on any atom is 1.00 e. The summed E-state index contributed by atoms with van der Waals surface area (Å²) < 4.78 is 0. The van der Waals surface area contributed by atoms with Gasteiger partial charge in [0.2, 0.25) is 0 Å². The third-order valence-electron chi connectivity index (χ3n) is 1.41. The van der Waals surface area contributed by atoms with Crippen molar-refractivity contribution in [3.8, 4) is 0 Å². The number of rotatable bonds is 2. The van der Waals surface area contributed by atoms with Gasteiger partial charge in [0.1, 0.15) is 5.71 Å². The normalized spacial score (nSPS) is 16.2. The molecule has 9 nitrogen and oxygen atoms in total. The zero-order valence-corrected chi connectivity index (χ0v) is 10.2. The number of hydrogen-bond donors (Lipinski definition) is 2. The summed E-state index contributed by atoms with van der Waals surface area (Å²) in [5, 5.41) is 20.6. The van der Waals surface area contributed by atoms with Crippen molar-refractivity contribution in [2.45, 2.75) is 6.04 Å². The summed E-state index contributed by atoms with van der Waals surface area (Å²) in [7, 11) is 0. The van der Waals surface area contributed by atoms with E-state index in [-0.39, 0.29) is 69.4 Å². The van der Waals surface area contributed by atoms with Crippen molar-refractivity contribution in [3.63, 3.8) is 0 Å². The van der Waals surface area contributed by atoms with Crippen LogP contribution in [0.2, 0.25) is 0 Å². The van der Waals surface area contributed by atoms with Gasteiger partial charge in [-0.2, -0.15) is 0 Å². The topological polar surface area (TPSA) is 199 Å². The van der Waals surface area contributed by atoms with Crippen LogP contribution in [-0.4, -0.2) is 52.5 Å². The van der Waals surface area contributed by atoms with Crippen molar-refractivity contribution < 1.29 is 70.4 Å². The summed E-state index contributed by atoms with van der Waals surface area (Å²) in [6, 6.07) is -1.30. The third kappa shape index (κ3) is 8.24. The molecule has 0 aromatic rings. The van der Waals surface area contributed by atoms with Crippen LogP contribution in [0.1, 0.15) is 0 Å². The minimum Gasteiger partial charge on any atom is -0.643 e. The molecule has 1 rings (SSSR count). The second kappa shape index (κ2) is 13.6. The number of carboxylic acids is 2. The summed E-state index contributed by atoms with van der Waals surface area (Å²) >= 11 is 0. The van der Waals surface area contributed by atoms with E-state index < -0.39 is 18.0 Å². The molecule has 0 aromatic carbocycles. The Morgan fingerprint density at radius 2 is 1.76 bits per heavy atom. The van der Waals surface area contributed by atoms with Crippen LogP contribution in [0.15, 0.2) is 4.99 Å². The van der Waals surface area contributed by atoms with E-state index in [0.29, 0.717) is 0 Å². The number of carbonyl (C=O) groups is 2. The average Bonchev–Trinajstić information content (AvgIpc) is 2.04. The van der Waals surface area contributed by atoms with Gasteiger partial charge < -0.3 is 32.0 Å². The molecule has 1 radical (unpaired) electrons. The Morgan fingerprint density at radius 1 is 1.29 bits per heavy atom. The predicted molar refractivity (Wildman–Crippen MR) is 52.9 cm³/mol. The van der Waals surface area contributed by atoms with Crippen LogP contribution >= 0.6 is 0 Å². The van der Waals surface area contributed by atoms with Crippen molar-refractivity contribution in [3.05, 3.63) is 5.32 Å². The fourth-order valence-electron chi connectivity index (χ4n) is 0.910. The van der Waals surface area contributed by atoms with E-state index in [1.807, 2.05) is 0 Å². The first-order chi connectivity index (χ1) is 5.63. The Morgan fingerprint density at radius 3 is 2.06 bits per heavy atom. The van der Waals surface area contributed by atoms with Gasteiger partial charge in [-0.25, -0.2) is 4.79 Å². The van der Waals surface area contributed by atoms with Crippen LogP contribution in [-0.2, 0) is 54.7 Å². The van der Waals surface area contributed by atoms with Crippen LogP contribution < -0.4 is 0 Å². The number of hydrogen-bond acceptors (Lipinski definition) is 3. The van der Waals surface area contributed by atoms with E-state index in [1.165, 1.54) is 0 Å². The number of aliphatic carboxylic acids is 2. The second-order valence-electron chi connectivity index (χ2n) is 2.22. The quantitative estimate of drug-likeness (QED) is 0.386. The molecule has 0 amide bonds. The second-order valence-corrected chi connectivity index (χ2v) is 2.22. The first-order valence-corrected chi connectivity index (χ1v) is 3.30. The smallest absolute Gasteiger partial charge is 0.643 e. The molecule has 11 heteroatoms. The van der Waals surface area contributed by atoms with Crippen LogP contribution in [0.3, 0.4) is 0 Å². The van der Waals surface area contributed by atoms with Gasteiger partial charge in [0.25, 0.3) is 5.97 Å². The molecule has 1 aliphatic rings. The largest absolute Gasteiger partial charge is 1.00 e. The molecule has 17 heavy (non-hydrogen) atoms. The Balaban J connectivity index is -0.0000000960. The zero-order valence-electron chi connectivity index (χ0n) is 8.35. The average molecular weight is 354 g/mol. The zero-order chi connectivity index (χ0) is 9.14. The maximum absolute atomic E-state index is 10.4. The molecule has 0 saturated heterocycles. The van der Waals surface area contributed by atoms with Crippen LogP contribution in [0.5, 0.6) is 0 Å². The van der Waals surface area contributed by atoms with Gasteiger partial charge in [-0.15, -0.1) is 6.54 Å². The van der Waals surface area contributed by atoms with Crippen molar-refractivity contribution in [1.82, 2.24) is 0 Å². The predicted octanol–water partition coefficient (Wildman–Crippen LogP) is -3.32. The SMILES string of the molecule is O.O=C(O)C1=NCC[N-]C1C(=O)O.[Cu+].[Cu].[OH3+].[OH3+]. The summed E-state index contributed by atoms with van der Waals surface area (Å²) in [6.07, 6.45) is 0. The molecule has 0 aromatic heterocycles. The number of carboxylic acid groups (broad SMARTS) is 2. The Hall–Kier alpha value is -0.511. The number of aliphatic imine (C=N–C) groups is 1. The van der Waals surface area contributed by atoms with Gasteiger partial charge in [-0.3, -0.25) is 9.79 Å². The molecule has 1 aliphatic heterocycles. The Labute approximate surface area is 118 Å². The van der Waals surface area contributed by atoms with Gasteiger partial charge in [-0.1, -0.05) is 0 Å². The van der Waals surface area contributed by atoms with Gasteiger partial charge >= 0.3 is 23.0 Å². The first-order valence-electron chi connectivity index (χ1n) is 3.30. The molecule has 1 atom stereocenters. The fraction of sp³-hybridized carbons (Fsp3) is 0.500. The molecule has 1 heterocycles. The molecule has 0 bridgehead atoms. The van der Waals surface area contributed by atoms with Gasteiger partial charge in [0, 0.05) is 29.7 Å². The summed E-state index contributed by atoms with van der Waals surface area (Å²) in [5.41, 5.74) is -0.381. The van der Waals surface area contributed by atoms with E-state index in [9.17, 15) is 9.59 Å². The summed E-state index contributed by atoms with van der Waals surface area (Å²) in [4.78, 5) is 24.4. The van der Waals surface area contributed by atoms with Crippen LogP contribution in [0, 0.1) is 0 Å². The van der Waals surface area contributed by atoms with Crippen molar-refractivity contribution in [2.24, 2.45) is 4.99 Å². The van der Waals surface area contributed by atoms with E-state index in [0.717, 1.165) is 0 Å². The van der Waals surface area contributed by atoms with E-state index in [1.54, 1.807) is 0 Å². The molecule has 0 spiro atoms. The fourth-order valence-corrected chi connectivity index (χ4v) is 0.910. The first kappa shape index (κ1) is 30.0.